The topological polar surface area (TPSA) is 32.3 Å². The third kappa shape index (κ3) is 2.75. The maximum Gasteiger partial charge on any atom is 0.102 e. The van der Waals surface area contributed by atoms with Gasteiger partial charge in [0.15, 0.2) is 0 Å². The minimum Gasteiger partial charge on any atom is -0.389 e. The maximum absolute atomic E-state index is 11.6. The minimum absolute atomic E-state index is 0.351. The van der Waals surface area contributed by atoms with Crippen molar-refractivity contribution in [2.45, 2.75) is 31.3 Å². The summed E-state index contributed by atoms with van der Waals surface area (Å²) in [5.41, 5.74) is -0.533. The second-order valence-electron chi connectivity index (χ2n) is 3.30. The largest absolute Gasteiger partial charge is 0.389 e. The van der Waals surface area contributed by atoms with E-state index >= 15 is 0 Å². The Morgan fingerprint density at radius 3 is 2.55 bits per heavy atom. The Bertz CT molecular complexity index is 113. The zero-order chi connectivity index (χ0) is 8.16. The summed E-state index contributed by atoms with van der Waals surface area (Å²) in [4.78, 5) is 0. The van der Waals surface area contributed by atoms with Crippen LogP contribution in [0.4, 0.5) is 4.39 Å². The van der Waals surface area contributed by atoms with Gasteiger partial charge in [-0.2, -0.15) is 0 Å². The summed E-state index contributed by atoms with van der Waals surface area (Å²) in [5, 5.41) is 12.6. The van der Waals surface area contributed by atoms with Crippen LogP contribution in [0.1, 0.15) is 25.7 Å². The molecular formula is C8H16FNO. The molecule has 66 valence electrons. The number of halogens is 1. The quantitative estimate of drug-likeness (QED) is 0.599. The van der Waals surface area contributed by atoms with Crippen molar-refractivity contribution in [2.24, 2.45) is 0 Å². The van der Waals surface area contributed by atoms with Gasteiger partial charge in [-0.1, -0.05) is 12.8 Å². The molecule has 0 aromatic heterocycles. The molecule has 0 bridgehead atoms. The van der Waals surface area contributed by atoms with Crippen LogP contribution in [0.25, 0.3) is 0 Å². The molecule has 0 unspecified atom stereocenters. The van der Waals surface area contributed by atoms with E-state index in [4.69, 9.17) is 0 Å². The van der Waals surface area contributed by atoms with Crippen molar-refractivity contribution in [2.75, 3.05) is 19.8 Å². The molecule has 1 fully saturated rings. The molecule has 1 aliphatic rings. The Kier molecular flexibility index (Phi) is 3.27. The van der Waals surface area contributed by atoms with Crippen LogP contribution in [0.15, 0.2) is 0 Å². The van der Waals surface area contributed by atoms with Crippen LogP contribution in [0, 0.1) is 0 Å². The lowest BCUT2D eigenvalue weighted by Crippen LogP contribution is -2.38. The molecule has 0 aromatic rings. The van der Waals surface area contributed by atoms with Crippen molar-refractivity contribution >= 4 is 0 Å². The standard InChI is InChI=1S/C8H16FNO/c9-5-6-10-7-8(11)3-1-2-4-8/h10-11H,1-7H2. The van der Waals surface area contributed by atoms with Crippen LogP contribution in [0.3, 0.4) is 0 Å². The SMILES string of the molecule is OC1(CNCCF)CCCC1. The van der Waals surface area contributed by atoms with Crippen LogP contribution >= 0.6 is 0 Å². The third-order valence-corrected chi connectivity index (χ3v) is 2.26. The second kappa shape index (κ2) is 4.02. The Morgan fingerprint density at radius 1 is 1.36 bits per heavy atom. The van der Waals surface area contributed by atoms with E-state index in [1.165, 1.54) is 0 Å². The van der Waals surface area contributed by atoms with Gasteiger partial charge in [0, 0.05) is 13.1 Å². The van der Waals surface area contributed by atoms with Gasteiger partial charge in [-0.3, -0.25) is 0 Å². The Morgan fingerprint density at radius 2 is 2.00 bits per heavy atom. The van der Waals surface area contributed by atoms with Gasteiger partial charge in [-0.05, 0) is 12.8 Å². The molecule has 11 heavy (non-hydrogen) atoms. The summed E-state index contributed by atoms with van der Waals surface area (Å²) in [6, 6.07) is 0. The van der Waals surface area contributed by atoms with E-state index < -0.39 is 5.60 Å². The highest BCUT2D eigenvalue weighted by atomic mass is 19.1. The molecule has 0 aliphatic heterocycles. The lowest BCUT2D eigenvalue weighted by atomic mass is 10.0. The first-order chi connectivity index (χ1) is 5.27. The van der Waals surface area contributed by atoms with Gasteiger partial charge in [0.25, 0.3) is 0 Å². The van der Waals surface area contributed by atoms with Crippen molar-refractivity contribution < 1.29 is 9.50 Å². The number of nitrogens with one attached hydrogen (secondary N) is 1. The van der Waals surface area contributed by atoms with Gasteiger partial charge in [0.1, 0.15) is 6.67 Å². The molecule has 0 saturated heterocycles. The molecule has 2 N–H and O–H groups in total. The van der Waals surface area contributed by atoms with Gasteiger partial charge < -0.3 is 10.4 Å². The fraction of sp³-hybridized carbons (Fsp3) is 1.00. The number of rotatable bonds is 4. The van der Waals surface area contributed by atoms with Crippen LogP contribution in [0.5, 0.6) is 0 Å². The summed E-state index contributed by atoms with van der Waals surface area (Å²) in [5.74, 6) is 0. The lowest BCUT2D eigenvalue weighted by Gasteiger charge is -2.21. The Labute approximate surface area is 66.8 Å². The summed E-state index contributed by atoms with van der Waals surface area (Å²) in [6.07, 6.45) is 3.94. The van der Waals surface area contributed by atoms with Gasteiger partial charge in [0.05, 0.1) is 5.60 Å². The molecule has 1 aliphatic carbocycles. The van der Waals surface area contributed by atoms with Crippen molar-refractivity contribution in [3.63, 3.8) is 0 Å². The highest BCUT2D eigenvalue weighted by Crippen LogP contribution is 2.28. The molecule has 1 saturated carbocycles. The van der Waals surface area contributed by atoms with Gasteiger partial charge in [0.2, 0.25) is 0 Å². The highest BCUT2D eigenvalue weighted by Gasteiger charge is 2.30. The first-order valence-electron chi connectivity index (χ1n) is 4.26. The van der Waals surface area contributed by atoms with E-state index in [0.29, 0.717) is 13.1 Å². The lowest BCUT2D eigenvalue weighted by molar-refractivity contribution is 0.0476. The predicted octanol–water partition coefficient (Wildman–Crippen LogP) is 0.851. The number of hydrogen-bond acceptors (Lipinski definition) is 2. The van der Waals surface area contributed by atoms with Gasteiger partial charge in [-0.15, -0.1) is 0 Å². The van der Waals surface area contributed by atoms with E-state index in [1.807, 2.05) is 0 Å². The minimum atomic E-state index is -0.533. The first kappa shape index (κ1) is 8.94. The van der Waals surface area contributed by atoms with Crippen LogP contribution in [0.2, 0.25) is 0 Å². The molecule has 0 amide bonds. The number of aliphatic hydroxyl groups is 1. The molecule has 2 nitrogen and oxygen atoms in total. The van der Waals surface area contributed by atoms with Crippen molar-refractivity contribution in [3.05, 3.63) is 0 Å². The van der Waals surface area contributed by atoms with E-state index in [0.717, 1.165) is 25.7 Å². The first-order valence-corrected chi connectivity index (χ1v) is 4.26. The molecule has 0 radical (unpaired) electrons. The van der Waals surface area contributed by atoms with Gasteiger partial charge >= 0.3 is 0 Å². The highest BCUT2D eigenvalue weighted by molar-refractivity contribution is 4.85. The summed E-state index contributed by atoms with van der Waals surface area (Å²) >= 11 is 0. The summed E-state index contributed by atoms with van der Waals surface area (Å²) < 4.78 is 11.6. The third-order valence-electron chi connectivity index (χ3n) is 2.26. The number of alkyl halides is 1. The van der Waals surface area contributed by atoms with Gasteiger partial charge in [-0.25, -0.2) is 4.39 Å². The molecule has 0 spiro atoms. The van der Waals surface area contributed by atoms with Crippen LogP contribution in [-0.4, -0.2) is 30.5 Å². The summed E-state index contributed by atoms with van der Waals surface area (Å²) in [6.45, 7) is 0.565. The van der Waals surface area contributed by atoms with E-state index in [9.17, 15) is 9.50 Å². The van der Waals surface area contributed by atoms with Crippen molar-refractivity contribution in [1.82, 2.24) is 5.32 Å². The van der Waals surface area contributed by atoms with Crippen molar-refractivity contribution in [1.29, 1.82) is 0 Å². The maximum atomic E-state index is 11.6. The van der Waals surface area contributed by atoms with E-state index in [1.54, 1.807) is 0 Å². The van der Waals surface area contributed by atoms with Crippen molar-refractivity contribution in [3.8, 4) is 0 Å². The van der Waals surface area contributed by atoms with E-state index in [2.05, 4.69) is 5.32 Å². The normalized spacial score (nSPS) is 22.4. The smallest absolute Gasteiger partial charge is 0.102 e. The zero-order valence-electron chi connectivity index (χ0n) is 6.77. The Hall–Kier alpha value is -0.150. The molecule has 0 atom stereocenters. The molecule has 0 heterocycles. The molecule has 3 heteroatoms. The molecular weight excluding hydrogens is 145 g/mol. The fourth-order valence-electron chi connectivity index (χ4n) is 1.60. The van der Waals surface area contributed by atoms with Crippen LogP contribution in [-0.2, 0) is 0 Å². The monoisotopic (exact) mass is 161 g/mol. The van der Waals surface area contributed by atoms with E-state index in [-0.39, 0.29) is 6.67 Å². The average molecular weight is 161 g/mol. The zero-order valence-corrected chi connectivity index (χ0v) is 6.77. The van der Waals surface area contributed by atoms with Crippen LogP contribution < -0.4 is 5.32 Å². The second-order valence-corrected chi connectivity index (χ2v) is 3.30. The summed E-state index contributed by atoms with van der Waals surface area (Å²) in [7, 11) is 0. The Balaban J connectivity index is 2.13. The predicted molar refractivity (Wildman–Crippen MR) is 42.3 cm³/mol. The number of hydrogen-bond donors (Lipinski definition) is 2. The molecule has 1 rings (SSSR count). The average Bonchev–Trinajstić information content (AvgIpc) is 2.38. The fourth-order valence-corrected chi connectivity index (χ4v) is 1.60. The molecule has 0 aromatic carbocycles.